The molecule has 0 spiro atoms. The van der Waals surface area contributed by atoms with Gasteiger partial charge in [0.15, 0.2) is 0 Å². The van der Waals surface area contributed by atoms with E-state index in [2.05, 4.69) is 0 Å². The molecule has 0 unspecified atom stereocenters. The Morgan fingerprint density at radius 2 is 2.00 bits per heavy atom. The average Bonchev–Trinajstić information content (AvgIpc) is 2.40. The predicted molar refractivity (Wildman–Crippen MR) is 82.1 cm³/mol. The molecule has 1 aromatic carbocycles. The fourth-order valence-corrected chi connectivity index (χ4v) is 3.92. The molecule has 0 aliphatic carbocycles. The van der Waals surface area contributed by atoms with Crippen molar-refractivity contribution in [3.8, 4) is 0 Å². The number of methoxy groups -OCH3 is 1. The SMILES string of the molecule is COCCCN(C)S(=O)(=O)c1cc(Cl)cc(CCl)c1C. The second-order valence-corrected chi connectivity index (χ2v) is 7.21. The number of hydrogen-bond donors (Lipinski definition) is 0. The van der Waals surface area contributed by atoms with Crippen molar-refractivity contribution in [2.75, 3.05) is 27.3 Å². The molecule has 4 nitrogen and oxygen atoms in total. The molecule has 0 aliphatic heterocycles. The number of rotatable bonds is 7. The van der Waals surface area contributed by atoms with Crippen LogP contribution in [0.15, 0.2) is 17.0 Å². The van der Waals surface area contributed by atoms with Crippen molar-refractivity contribution >= 4 is 33.2 Å². The van der Waals surface area contributed by atoms with Crippen molar-refractivity contribution < 1.29 is 13.2 Å². The first kappa shape index (κ1) is 17.7. The van der Waals surface area contributed by atoms with Crippen LogP contribution in [0, 0.1) is 6.92 Å². The smallest absolute Gasteiger partial charge is 0.243 e. The molecule has 20 heavy (non-hydrogen) atoms. The largest absolute Gasteiger partial charge is 0.385 e. The summed E-state index contributed by atoms with van der Waals surface area (Å²) < 4.78 is 31.3. The second kappa shape index (κ2) is 7.61. The second-order valence-electron chi connectivity index (χ2n) is 4.49. The summed E-state index contributed by atoms with van der Waals surface area (Å²) in [7, 11) is -0.438. The minimum absolute atomic E-state index is 0.209. The van der Waals surface area contributed by atoms with Gasteiger partial charge in [-0.2, -0.15) is 0 Å². The van der Waals surface area contributed by atoms with E-state index in [1.54, 1.807) is 27.1 Å². The zero-order valence-corrected chi connectivity index (χ0v) is 14.1. The number of hydrogen-bond acceptors (Lipinski definition) is 3. The van der Waals surface area contributed by atoms with Crippen LogP contribution in [0.25, 0.3) is 0 Å². The van der Waals surface area contributed by atoms with Gasteiger partial charge in [0.1, 0.15) is 0 Å². The van der Waals surface area contributed by atoms with Crippen LogP contribution in [0.5, 0.6) is 0 Å². The van der Waals surface area contributed by atoms with E-state index >= 15 is 0 Å². The molecule has 0 aromatic heterocycles. The normalized spacial score (nSPS) is 12.1. The monoisotopic (exact) mass is 339 g/mol. The summed E-state index contributed by atoms with van der Waals surface area (Å²) in [6.45, 7) is 2.64. The number of benzene rings is 1. The quantitative estimate of drug-likeness (QED) is 0.566. The maximum absolute atomic E-state index is 12.6. The first-order valence-electron chi connectivity index (χ1n) is 6.14. The van der Waals surface area contributed by atoms with Gasteiger partial charge in [-0.3, -0.25) is 0 Å². The van der Waals surface area contributed by atoms with Gasteiger partial charge in [0, 0.05) is 38.2 Å². The average molecular weight is 340 g/mol. The number of alkyl halides is 1. The highest BCUT2D eigenvalue weighted by Crippen LogP contribution is 2.27. The van der Waals surface area contributed by atoms with Crippen LogP contribution in [0.3, 0.4) is 0 Å². The lowest BCUT2D eigenvalue weighted by atomic mass is 10.1. The predicted octanol–water partition coefficient (Wildman–Crippen LogP) is 3.04. The van der Waals surface area contributed by atoms with Crippen molar-refractivity contribution in [3.63, 3.8) is 0 Å². The highest BCUT2D eigenvalue weighted by atomic mass is 35.5. The zero-order valence-electron chi connectivity index (χ0n) is 11.8. The summed E-state index contributed by atoms with van der Waals surface area (Å²) in [5.74, 6) is 0.225. The number of ether oxygens (including phenoxy) is 1. The van der Waals surface area contributed by atoms with Crippen LogP contribution in [0.1, 0.15) is 17.5 Å². The van der Waals surface area contributed by atoms with E-state index in [0.717, 1.165) is 5.56 Å². The van der Waals surface area contributed by atoms with Crippen LogP contribution < -0.4 is 0 Å². The molecule has 0 bridgehead atoms. The van der Waals surface area contributed by atoms with Gasteiger partial charge in [-0.05, 0) is 36.6 Å². The van der Waals surface area contributed by atoms with Gasteiger partial charge in [0.2, 0.25) is 10.0 Å². The van der Waals surface area contributed by atoms with Crippen LogP contribution in [-0.2, 0) is 20.6 Å². The van der Waals surface area contributed by atoms with Crippen LogP contribution >= 0.6 is 23.2 Å². The minimum atomic E-state index is -3.57. The third-order valence-corrected chi connectivity index (χ3v) is 5.58. The van der Waals surface area contributed by atoms with Crippen LogP contribution in [0.4, 0.5) is 0 Å². The third kappa shape index (κ3) is 4.09. The fourth-order valence-electron chi connectivity index (χ4n) is 1.83. The third-order valence-electron chi connectivity index (χ3n) is 3.09. The molecule has 0 saturated carbocycles. The molecule has 114 valence electrons. The summed E-state index contributed by atoms with van der Waals surface area (Å²) in [5, 5.41) is 0.370. The van der Waals surface area contributed by atoms with E-state index in [1.807, 2.05) is 0 Å². The highest BCUT2D eigenvalue weighted by Gasteiger charge is 2.24. The molecule has 0 amide bonds. The molecule has 0 aliphatic rings. The number of halogens is 2. The lowest BCUT2D eigenvalue weighted by Crippen LogP contribution is -2.29. The Labute approximate surface area is 130 Å². The first-order chi connectivity index (χ1) is 9.34. The van der Waals surface area contributed by atoms with Gasteiger partial charge in [-0.25, -0.2) is 12.7 Å². The van der Waals surface area contributed by atoms with Gasteiger partial charge >= 0.3 is 0 Å². The zero-order chi connectivity index (χ0) is 15.3. The van der Waals surface area contributed by atoms with Crippen LogP contribution in [0.2, 0.25) is 5.02 Å². The van der Waals surface area contributed by atoms with Crippen molar-refractivity contribution in [3.05, 3.63) is 28.3 Å². The Morgan fingerprint density at radius 1 is 1.35 bits per heavy atom. The van der Waals surface area contributed by atoms with E-state index in [1.165, 1.54) is 10.4 Å². The Bertz CT molecular complexity index is 561. The van der Waals surface area contributed by atoms with Gasteiger partial charge < -0.3 is 4.74 Å². The first-order valence-corrected chi connectivity index (χ1v) is 8.50. The van der Waals surface area contributed by atoms with Gasteiger partial charge in [-0.15, -0.1) is 11.6 Å². The topological polar surface area (TPSA) is 46.6 Å². The van der Waals surface area contributed by atoms with Crippen molar-refractivity contribution in [1.82, 2.24) is 4.31 Å². The van der Waals surface area contributed by atoms with Crippen molar-refractivity contribution in [1.29, 1.82) is 0 Å². The Hall–Kier alpha value is -0.330. The lowest BCUT2D eigenvalue weighted by molar-refractivity contribution is 0.189. The van der Waals surface area contributed by atoms with E-state index < -0.39 is 10.0 Å². The Kier molecular flexibility index (Phi) is 6.75. The molecule has 0 N–H and O–H groups in total. The highest BCUT2D eigenvalue weighted by molar-refractivity contribution is 7.89. The number of sulfonamides is 1. The summed E-state index contributed by atoms with van der Waals surface area (Å²) in [5.41, 5.74) is 1.37. The molecule has 1 aromatic rings. The molecule has 1 rings (SSSR count). The standard InChI is InChI=1S/C13H19Cl2NO3S/c1-10-11(9-14)7-12(15)8-13(10)20(17,18)16(2)5-4-6-19-3/h7-8H,4-6,9H2,1-3H3. The fraction of sp³-hybridized carbons (Fsp3) is 0.538. The van der Waals surface area contributed by atoms with Gasteiger partial charge in [0.05, 0.1) is 4.90 Å². The van der Waals surface area contributed by atoms with Crippen molar-refractivity contribution in [2.45, 2.75) is 24.1 Å². The van der Waals surface area contributed by atoms with E-state index in [-0.39, 0.29) is 10.8 Å². The molecular weight excluding hydrogens is 321 g/mol. The molecule has 0 saturated heterocycles. The van der Waals surface area contributed by atoms with Gasteiger partial charge in [0.25, 0.3) is 0 Å². The summed E-state index contributed by atoms with van der Waals surface area (Å²) in [6.07, 6.45) is 0.633. The minimum Gasteiger partial charge on any atom is -0.385 e. The Morgan fingerprint density at radius 3 is 2.55 bits per heavy atom. The number of nitrogens with zero attached hydrogens (tertiary/aromatic N) is 1. The maximum Gasteiger partial charge on any atom is 0.243 e. The van der Waals surface area contributed by atoms with E-state index in [4.69, 9.17) is 27.9 Å². The van der Waals surface area contributed by atoms with E-state index in [0.29, 0.717) is 30.2 Å². The molecule has 0 heterocycles. The molecule has 0 radical (unpaired) electrons. The van der Waals surface area contributed by atoms with Crippen molar-refractivity contribution in [2.24, 2.45) is 0 Å². The molecule has 0 fully saturated rings. The molecule has 0 atom stereocenters. The lowest BCUT2D eigenvalue weighted by Gasteiger charge is -2.19. The molecular formula is C13H19Cl2NO3S. The summed E-state index contributed by atoms with van der Waals surface area (Å²) in [4.78, 5) is 0.209. The van der Waals surface area contributed by atoms with Crippen LogP contribution in [-0.4, -0.2) is 40.0 Å². The molecule has 7 heteroatoms. The van der Waals surface area contributed by atoms with Gasteiger partial charge in [-0.1, -0.05) is 11.6 Å². The Balaban J connectivity index is 3.12. The summed E-state index contributed by atoms with van der Waals surface area (Å²) >= 11 is 11.8. The van der Waals surface area contributed by atoms with E-state index in [9.17, 15) is 8.42 Å². The summed E-state index contributed by atoms with van der Waals surface area (Å²) in [6, 6.07) is 3.16. The maximum atomic E-state index is 12.6.